The van der Waals surface area contributed by atoms with Crippen LogP contribution in [0, 0.1) is 5.92 Å². The summed E-state index contributed by atoms with van der Waals surface area (Å²) in [6.45, 7) is 0. The van der Waals surface area contributed by atoms with Gasteiger partial charge in [0.1, 0.15) is 6.33 Å². The van der Waals surface area contributed by atoms with E-state index in [1.54, 1.807) is 18.5 Å². The third-order valence-electron chi connectivity index (χ3n) is 4.11. The molecule has 0 unspecified atom stereocenters. The van der Waals surface area contributed by atoms with E-state index in [1.807, 2.05) is 41.0 Å². The van der Waals surface area contributed by atoms with E-state index in [0.717, 1.165) is 29.6 Å². The van der Waals surface area contributed by atoms with Gasteiger partial charge in [0.2, 0.25) is 5.91 Å². The molecule has 6 nitrogen and oxygen atoms in total. The number of hydrogen-bond acceptors (Lipinski definition) is 3. The third kappa shape index (κ3) is 2.74. The van der Waals surface area contributed by atoms with Crippen LogP contribution < -0.4 is 10.9 Å². The van der Waals surface area contributed by atoms with Gasteiger partial charge in [0.25, 0.3) is 5.91 Å². The Balaban J connectivity index is 1.49. The van der Waals surface area contributed by atoms with Crippen LogP contribution in [0.1, 0.15) is 23.2 Å². The van der Waals surface area contributed by atoms with Gasteiger partial charge in [0, 0.05) is 17.2 Å². The fourth-order valence-corrected chi connectivity index (χ4v) is 2.58. The molecule has 2 aromatic carbocycles. The molecule has 0 atom stereocenters. The van der Waals surface area contributed by atoms with Gasteiger partial charge < -0.3 is 0 Å². The number of para-hydroxylation sites is 2. The number of benzene rings is 2. The SMILES string of the molecule is O=C(NNC(=O)C1CC1)c1ccc(-n2cnc3ccccc32)cc1. The number of imidazole rings is 1. The molecule has 1 heterocycles. The molecule has 0 radical (unpaired) electrons. The van der Waals surface area contributed by atoms with Gasteiger partial charge in [-0.3, -0.25) is 25.0 Å². The first-order valence-electron chi connectivity index (χ1n) is 7.85. The Morgan fingerprint density at radius 1 is 1.00 bits per heavy atom. The first kappa shape index (κ1) is 14.4. The van der Waals surface area contributed by atoms with Gasteiger partial charge in [-0.25, -0.2) is 4.98 Å². The standard InChI is InChI=1S/C18H16N4O2/c23-17(12-5-6-12)20-21-18(24)13-7-9-14(10-8-13)22-11-19-15-3-1-2-4-16(15)22/h1-4,7-12H,5-6H2,(H,20,23)(H,21,24). The van der Waals surface area contributed by atoms with Crippen molar-refractivity contribution in [3.8, 4) is 5.69 Å². The summed E-state index contributed by atoms with van der Waals surface area (Å²) < 4.78 is 1.96. The minimum Gasteiger partial charge on any atom is -0.299 e. The van der Waals surface area contributed by atoms with Crippen LogP contribution in [0.5, 0.6) is 0 Å². The van der Waals surface area contributed by atoms with E-state index < -0.39 is 0 Å². The Morgan fingerprint density at radius 2 is 1.75 bits per heavy atom. The molecule has 2 amide bonds. The molecule has 0 saturated heterocycles. The Labute approximate surface area is 138 Å². The van der Waals surface area contributed by atoms with Crippen LogP contribution in [-0.2, 0) is 4.79 Å². The molecule has 1 fully saturated rings. The molecular weight excluding hydrogens is 304 g/mol. The lowest BCUT2D eigenvalue weighted by Crippen LogP contribution is -2.42. The topological polar surface area (TPSA) is 76.0 Å². The van der Waals surface area contributed by atoms with Crippen LogP contribution in [0.25, 0.3) is 16.7 Å². The average Bonchev–Trinajstić information content (AvgIpc) is 3.39. The van der Waals surface area contributed by atoms with Crippen molar-refractivity contribution in [1.29, 1.82) is 0 Å². The predicted molar refractivity (Wildman–Crippen MR) is 89.4 cm³/mol. The van der Waals surface area contributed by atoms with E-state index in [2.05, 4.69) is 15.8 Å². The molecule has 4 rings (SSSR count). The first-order chi connectivity index (χ1) is 11.7. The molecule has 3 aromatic rings. The monoisotopic (exact) mass is 320 g/mol. The number of fused-ring (bicyclic) bond motifs is 1. The summed E-state index contributed by atoms with van der Waals surface area (Å²) in [5, 5.41) is 0. The molecule has 1 saturated carbocycles. The van der Waals surface area contributed by atoms with Crippen molar-refractivity contribution in [2.75, 3.05) is 0 Å². The predicted octanol–water partition coefficient (Wildman–Crippen LogP) is 2.20. The molecule has 1 aliphatic rings. The van der Waals surface area contributed by atoms with Crippen molar-refractivity contribution in [2.45, 2.75) is 12.8 Å². The van der Waals surface area contributed by atoms with Crippen molar-refractivity contribution < 1.29 is 9.59 Å². The summed E-state index contributed by atoms with van der Waals surface area (Å²) in [6.07, 6.45) is 3.56. The zero-order valence-corrected chi connectivity index (χ0v) is 12.9. The molecule has 0 spiro atoms. The van der Waals surface area contributed by atoms with E-state index in [4.69, 9.17) is 0 Å². The molecule has 6 heteroatoms. The summed E-state index contributed by atoms with van der Waals surface area (Å²) in [6, 6.07) is 15.0. The maximum atomic E-state index is 12.1. The minimum atomic E-state index is -0.328. The highest BCUT2D eigenvalue weighted by Gasteiger charge is 2.29. The minimum absolute atomic E-state index is 0.0576. The number of nitrogens with one attached hydrogen (secondary N) is 2. The van der Waals surface area contributed by atoms with Crippen LogP contribution in [0.4, 0.5) is 0 Å². The van der Waals surface area contributed by atoms with Gasteiger partial charge in [0.15, 0.2) is 0 Å². The number of amides is 2. The van der Waals surface area contributed by atoms with E-state index in [9.17, 15) is 9.59 Å². The fourth-order valence-electron chi connectivity index (χ4n) is 2.58. The number of nitrogens with zero attached hydrogens (tertiary/aromatic N) is 2. The Hall–Kier alpha value is -3.15. The second kappa shape index (κ2) is 5.81. The average molecular weight is 320 g/mol. The largest absolute Gasteiger partial charge is 0.299 e. The molecule has 0 aliphatic heterocycles. The molecule has 0 bridgehead atoms. The summed E-state index contributed by atoms with van der Waals surface area (Å²) in [5.41, 5.74) is 8.23. The summed E-state index contributed by atoms with van der Waals surface area (Å²) in [5.74, 6) is -0.391. The van der Waals surface area contributed by atoms with Crippen LogP contribution in [-0.4, -0.2) is 21.4 Å². The summed E-state index contributed by atoms with van der Waals surface area (Å²) >= 11 is 0. The lowest BCUT2D eigenvalue weighted by atomic mass is 10.2. The van der Waals surface area contributed by atoms with Crippen molar-refractivity contribution in [1.82, 2.24) is 20.4 Å². The van der Waals surface area contributed by atoms with Gasteiger partial charge >= 0.3 is 0 Å². The fraction of sp³-hybridized carbons (Fsp3) is 0.167. The van der Waals surface area contributed by atoms with Crippen molar-refractivity contribution in [3.63, 3.8) is 0 Å². The highest BCUT2D eigenvalue weighted by molar-refractivity contribution is 5.96. The highest BCUT2D eigenvalue weighted by Crippen LogP contribution is 2.28. The second-order valence-electron chi connectivity index (χ2n) is 5.87. The maximum absolute atomic E-state index is 12.1. The highest BCUT2D eigenvalue weighted by atomic mass is 16.2. The van der Waals surface area contributed by atoms with Crippen LogP contribution >= 0.6 is 0 Å². The Kier molecular flexibility index (Phi) is 3.49. The molecule has 2 N–H and O–H groups in total. The Bertz CT molecular complexity index is 910. The molecular formula is C18H16N4O2. The van der Waals surface area contributed by atoms with Gasteiger partial charge in [-0.15, -0.1) is 0 Å². The van der Waals surface area contributed by atoms with E-state index in [1.165, 1.54) is 0 Å². The summed E-state index contributed by atoms with van der Waals surface area (Å²) in [4.78, 5) is 28.0. The van der Waals surface area contributed by atoms with Gasteiger partial charge in [-0.2, -0.15) is 0 Å². The van der Waals surface area contributed by atoms with Gasteiger partial charge in [0.05, 0.1) is 11.0 Å². The van der Waals surface area contributed by atoms with Crippen molar-refractivity contribution in [3.05, 3.63) is 60.4 Å². The normalized spacial score (nSPS) is 13.7. The molecule has 1 aromatic heterocycles. The molecule has 1 aliphatic carbocycles. The van der Waals surface area contributed by atoms with E-state index in [0.29, 0.717) is 5.56 Å². The zero-order valence-electron chi connectivity index (χ0n) is 12.9. The van der Waals surface area contributed by atoms with Crippen molar-refractivity contribution in [2.24, 2.45) is 5.92 Å². The zero-order chi connectivity index (χ0) is 16.5. The maximum Gasteiger partial charge on any atom is 0.269 e. The number of hydrogen-bond donors (Lipinski definition) is 2. The number of rotatable bonds is 3. The first-order valence-corrected chi connectivity index (χ1v) is 7.85. The lowest BCUT2D eigenvalue weighted by Gasteiger charge is -2.08. The smallest absolute Gasteiger partial charge is 0.269 e. The number of carbonyl (C=O) groups excluding carboxylic acids is 2. The van der Waals surface area contributed by atoms with Crippen LogP contribution in [0.3, 0.4) is 0 Å². The van der Waals surface area contributed by atoms with E-state index in [-0.39, 0.29) is 17.7 Å². The molecule has 24 heavy (non-hydrogen) atoms. The van der Waals surface area contributed by atoms with Crippen molar-refractivity contribution >= 4 is 22.8 Å². The number of aromatic nitrogens is 2. The van der Waals surface area contributed by atoms with Crippen LogP contribution in [0.2, 0.25) is 0 Å². The number of hydrazine groups is 1. The van der Waals surface area contributed by atoms with E-state index >= 15 is 0 Å². The van der Waals surface area contributed by atoms with Crippen LogP contribution in [0.15, 0.2) is 54.9 Å². The second-order valence-corrected chi connectivity index (χ2v) is 5.87. The number of carbonyl (C=O) groups is 2. The quantitative estimate of drug-likeness (QED) is 0.726. The molecule has 120 valence electrons. The van der Waals surface area contributed by atoms with Gasteiger partial charge in [-0.1, -0.05) is 12.1 Å². The lowest BCUT2D eigenvalue weighted by molar-refractivity contribution is -0.123. The van der Waals surface area contributed by atoms with Gasteiger partial charge in [-0.05, 0) is 49.2 Å². The summed E-state index contributed by atoms with van der Waals surface area (Å²) in [7, 11) is 0. The third-order valence-corrected chi connectivity index (χ3v) is 4.11. The Morgan fingerprint density at radius 3 is 2.50 bits per heavy atom.